The van der Waals surface area contributed by atoms with Gasteiger partial charge in [0, 0.05) is 6.92 Å². The van der Waals surface area contributed by atoms with Crippen molar-refractivity contribution in [1.29, 1.82) is 0 Å². The SMILES string of the molecule is CC(=O)N[C@H]1[C@@H](O[C@@H]2[C@@H](O)[C@H](O)O[C@H](CO)[C@@H]2O)O[C@H](CO)[C@H](O)[C@@H]1O[C@@H]1O[C@H](CO)[C@H](O)[C@H](O)[C@H]1O[C@@H]1O[C@@H](C)[C@@H](O)[C@@H](O)[C@@H]1O. The molecular weight excluding hydrogens is 646 g/mol. The summed E-state index contributed by atoms with van der Waals surface area (Å²) in [6.45, 7) is -0.130. The summed E-state index contributed by atoms with van der Waals surface area (Å²) >= 11 is 0. The average molecular weight is 692 g/mol. The molecule has 4 rings (SSSR count). The maximum atomic E-state index is 12.3. The van der Waals surface area contributed by atoms with Gasteiger partial charge in [0.1, 0.15) is 91.5 Å². The van der Waals surface area contributed by atoms with E-state index in [1.165, 1.54) is 6.92 Å². The lowest BCUT2D eigenvalue weighted by Gasteiger charge is -2.50. The maximum absolute atomic E-state index is 12.3. The molecule has 20 atom stereocenters. The number of aliphatic hydroxyl groups excluding tert-OH is 12. The quantitative estimate of drug-likeness (QED) is 0.101. The summed E-state index contributed by atoms with van der Waals surface area (Å²) < 4.78 is 39.1. The Bertz CT molecular complexity index is 1010. The van der Waals surface area contributed by atoms with Gasteiger partial charge in [0.2, 0.25) is 5.91 Å². The van der Waals surface area contributed by atoms with Crippen LogP contribution >= 0.6 is 0 Å². The fraction of sp³-hybridized carbons (Fsp3) is 0.962. The van der Waals surface area contributed by atoms with E-state index < -0.39 is 148 Å². The molecule has 0 aliphatic carbocycles. The highest BCUT2D eigenvalue weighted by atomic mass is 16.8. The van der Waals surface area contributed by atoms with E-state index in [4.69, 9.17) is 33.2 Å². The highest BCUT2D eigenvalue weighted by Crippen LogP contribution is 2.34. The largest absolute Gasteiger partial charge is 0.394 e. The molecule has 4 aliphatic heterocycles. The van der Waals surface area contributed by atoms with Crippen molar-refractivity contribution in [2.45, 2.75) is 137 Å². The smallest absolute Gasteiger partial charge is 0.217 e. The maximum Gasteiger partial charge on any atom is 0.217 e. The molecule has 13 N–H and O–H groups in total. The molecule has 0 aromatic rings. The summed E-state index contributed by atoms with van der Waals surface area (Å²) in [4.78, 5) is 12.3. The summed E-state index contributed by atoms with van der Waals surface area (Å²) in [5.41, 5.74) is 0. The van der Waals surface area contributed by atoms with Gasteiger partial charge < -0.3 is 99.8 Å². The topological polar surface area (TPSA) is 336 Å². The summed E-state index contributed by atoms with van der Waals surface area (Å²) in [6.07, 6.45) is -32.6. The van der Waals surface area contributed by atoms with Gasteiger partial charge in [-0.2, -0.15) is 0 Å². The molecule has 21 heteroatoms. The molecule has 0 saturated carbocycles. The van der Waals surface area contributed by atoms with Crippen molar-refractivity contribution in [3.63, 3.8) is 0 Å². The summed E-state index contributed by atoms with van der Waals surface area (Å²) in [7, 11) is 0. The van der Waals surface area contributed by atoms with Gasteiger partial charge in [0.05, 0.1) is 25.9 Å². The van der Waals surface area contributed by atoms with Crippen LogP contribution in [-0.4, -0.2) is 210 Å². The van der Waals surface area contributed by atoms with Gasteiger partial charge in [-0.25, -0.2) is 0 Å². The molecule has 1 amide bonds. The van der Waals surface area contributed by atoms with Crippen molar-refractivity contribution in [3.05, 3.63) is 0 Å². The molecule has 47 heavy (non-hydrogen) atoms. The lowest BCUT2D eigenvalue weighted by atomic mass is 9.94. The van der Waals surface area contributed by atoms with Crippen LogP contribution in [0.5, 0.6) is 0 Å². The number of ether oxygens (including phenoxy) is 7. The summed E-state index contributed by atoms with van der Waals surface area (Å²) in [6, 6.07) is -1.59. The van der Waals surface area contributed by atoms with Gasteiger partial charge in [-0.1, -0.05) is 0 Å². The van der Waals surface area contributed by atoms with Crippen molar-refractivity contribution in [3.8, 4) is 0 Å². The van der Waals surface area contributed by atoms with Crippen molar-refractivity contribution in [1.82, 2.24) is 5.32 Å². The first kappa shape index (κ1) is 38.5. The van der Waals surface area contributed by atoms with Gasteiger partial charge >= 0.3 is 0 Å². The standard InChI is InChI=1S/C26H45NO20/c1-6-12(32)16(36)18(38)25(41-6)47-22-17(37)13(33)8(3-28)44-26(22)45-20-11(27-7(2)31)24(43-10(5-30)14(20)34)46-21-15(35)9(4-29)42-23(40)19(21)39/h6,8-26,28-30,32-40H,3-5H2,1-2H3,(H,27,31)/t6-,8+,9+,10+,11+,12+,13-,14-,15-,16+,17-,18-,19+,20+,21-,22+,23+,24+,25-,26-/m0/s1. The minimum atomic E-state index is -1.94. The Morgan fingerprint density at radius 1 is 0.553 bits per heavy atom. The third-order valence-corrected chi connectivity index (χ3v) is 8.57. The van der Waals surface area contributed by atoms with E-state index in [0.717, 1.165) is 6.92 Å². The number of amides is 1. The van der Waals surface area contributed by atoms with E-state index in [2.05, 4.69) is 5.32 Å². The first-order valence-corrected chi connectivity index (χ1v) is 15.0. The number of hydrogen-bond acceptors (Lipinski definition) is 20. The number of nitrogens with one attached hydrogen (secondary N) is 1. The number of hydrogen-bond donors (Lipinski definition) is 13. The molecule has 0 aromatic heterocycles. The first-order valence-electron chi connectivity index (χ1n) is 15.0. The molecule has 0 radical (unpaired) electrons. The van der Waals surface area contributed by atoms with Crippen molar-refractivity contribution in [2.75, 3.05) is 19.8 Å². The normalized spacial score (nSPS) is 51.0. The second-order valence-corrected chi connectivity index (χ2v) is 11.9. The molecule has 4 heterocycles. The fourth-order valence-electron chi connectivity index (χ4n) is 5.86. The van der Waals surface area contributed by atoms with E-state index in [9.17, 15) is 66.1 Å². The Morgan fingerprint density at radius 2 is 1.06 bits per heavy atom. The van der Waals surface area contributed by atoms with Gasteiger partial charge in [0.25, 0.3) is 0 Å². The third kappa shape index (κ3) is 8.04. The second-order valence-electron chi connectivity index (χ2n) is 11.9. The van der Waals surface area contributed by atoms with Crippen LogP contribution in [0.4, 0.5) is 0 Å². The van der Waals surface area contributed by atoms with Gasteiger partial charge in [-0.05, 0) is 6.92 Å². The van der Waals surface area contributed by atoms with Crippen LogP contribution in [0.1, 0.15) is 13.8 Å². The van der Waals surface area contributed by atoms with E-state index in [0.29, 0.717) is 0 Å². The van der Waals surface area contributed by atoms with Crippen LogP contribution in [0.25, 0.3) is 0 Å². The van der Waals surface area contributed by atoms with Crippen LogP contribution in [0, 0.1) is 0 Å². The molecule has 0 aromatic carbocycles. The molecule has 4 fully saturated rings. The Kier molecular flexibility index (Phi) is 13.2. The number of rotatable bonds is 10. The van der Waals surface area contributed by atoms with E-state index in [-0.39, 0.29) is 0 Å². The zero-order valence-corrected chi connectivity index (χ0v) is 25.3. The van der Waals surface area contributed by atoms with Crippen molar-refractivity contribution in [2.24, 2.45) is 0 Å². The lowest BCUT2D eigenvalue weighted by molar-refractivity contribution is -0.385. The summed E-state index contributed by atoms with van der Waals surface area (Å²) in [5.74, 6) is -0.752. The molecule has 0 unspecified atom stereocenters. The Labute approximate surface area is 267 Å². The van der Waals surface area contributed by atoms with Crippen LogP contribution in [0.2, 0.25) is 0 Å². The van der Waals surface area contributed by atoms with E-state index >= 15 is 0 Å². The second kappa shape index (κ2) is 16.2. The zero-order valence-electron chi connectivity index (χ0n) is 25.3. The Hall–Kier alpha value is -1.29. The molecule has 4 aliphatic rings. The van der Waals surface area contributed by atoms with Crippen molar-refractivity contribution < 1.29 is 99.2 Å². The Morgan fingerprint density at radius 3 is 1.66 bits per heavy atom. The third-order valence-electron chi connectivity index (χ3n) is 8.57. The van der Waals surface area contributed by atoms with E-state index in [1.54, 1.807) is 0 Å². The summed E-state index contributed by atoms with van der Waals surface area (Å²) in [5, 5.41) is 127. The molecule has 0 bridgehead atoms. The highest BCUT2D eigenvalue weighted by Gasteiger charge is 2.55. The minimum absolute atomic E-state index is 0.752. The molecule has 274 valence electrons. The monoisotopic (exact) mass is 691 g/mol. The Balaban J connectivity index is 1.66. The lowest BCUT2D eigenvalue weighted by Crippen LogP contribution is -2.70. The predicted molar refractivity (Wildman–Crippen MR) is 144 cm³/mol. The molecule has 0 spiro atoms. The van der Waals surface area contributed by atoms with E-state index in [1.807, 2.05) is 0 Å². The molecule has 21 nitrogen and oxygen atoms in total. The number of carbonyl (C=O) groups excluding carboxylic acids is 1. The minimum Gasteiger partial charge on any atom is -0.394 e. The number of aliphatic hydroxyl groups is 12. The first-order chi connectivity index (χ1) is 22.1. The van der Waals surface area contributed by atoms with Crippen LogP contribution < -0.4 is 5.32 Å². The van der Waals surface area contributed by atoms with Gasteiger partial charge in [0.15, 0.2) is 25.2 Å². The zero-order chi connectivity index (χ0) is 34.9. The molecule has 4 saturated heterocycles. The van der Waals surface area contributed by atoms with Crippen LogP contribution in [0.3, 0.4) is 0 Å². The highest BCUT2D eigenvalue weighted by molar-refractivity contribution is 5.73. The van der Waals surface area contributed by atoms with Gasteiger partial charge in [-0.3, -0.25) is 4.79 Å². The molecular formula is C26H45NO20. The number of carbonyl (C=O) groups is 1. The van der Waals surface area contributed by atoms with Crippen LogP contribution in [0.15, 0.2) is 0 Å². The van der Waals surface area contributed by atoms with Crippen LogP contribution in [-0.2, 0) is 38.0 Å². The van der Waals surface area contributed by atoms with Gasteiger partial charge in [-0.15, -0.1) is 0 Å². The fourth-order valence-corrected chi connectivity index (χ4v) is 5.86. The average Bonchev–Trinajstić information content (AvgIpc) is 3.03. The predicted octanol–water partition coefficient (Wildman–Crippen LogP) is -8.58. The van der Waals surface area contributed by atoms with Crippen molar-refractivity contribution >= 4 is 5.91 Å².